The Labute approximate surface area is 107 Å². The molecule has 52 valence electrons. The maximum Gasteiger partial charge on any atom is 1.00 e. The average molecular weight is 188 g/mol. The molecule has 0 aromatic carbocycles. The average Bonchev–Trinajstić information content (AvgIpc) is 1.64. The first-order chi connectivity index (χ1) is 3.55. The number of hydrogen-bond acceptors (Lipinski definition) is 3. The number of aliphatic hydroxyl groups excluding tert-OH is 1. The van der Waals surface area contributed by atoms with E-state index in [1.807, 2.05) is 0 Å². The number of hydrogen-bond donors (Lipinski definition) is 3. The Morgan fingerprint density at radius 3 is 1.80 bits per heavy atom. The summed E-state index contributed by atoms with van der Waals surface area (Å²) in [6.45, 7) is 0. The van der Waals surface area contributed by atoms with Gasteiger partial charge >= 0.3 is 65.1 Å². The molecule has 0 heterocycles. The summed E-state index contributed by atoms with van der Waals surface area (Å²) in [5.41, 5.74) is -2.19. The minimum absolute atomic E-state index is 0. The molecule has 0 fully saturated rings. The number of rotatable bonds is 2. The maximum absolute atomic E-state index is 9.62. The van der Waals surface area contributed by atoms with Crippen molar-refractivity contribution in [3.8, 4) is 0 Å². The molecule has 0 aliphatic rings. The number of aliphatic carboxylic acids is 1. The van der Waals surface area contributed by atoms with E-state index < -0.39 is 22.5 Å². The quantitative estimate of drug-likeness (QED) is 0.295. The molecule has 5 nitrogen and oxygen atoms in total. The Hall–Kier alpha value is 1.54. The van der Waals surface area contributed by atoms with Crippen molar-refractivity contribution in [2.75, 3.05) is 0 Å². The summed E-state index contributed by atoms with van der Waals surface area (Å²) in [5, 5.41) is 15.8. The number of carboxylic acid groups (broad SMARTS) is 1. The van der Waals surface area contributed by atoms with Crippen molar-refractivity contribution in [2.45, 2.75) is 5.44 Å². The number of aliphatic hydroxyl groups is 1. The third-order valence-corrected chi connectivity index (χ3v) is 0.986. The van der Waals surface area contributed by atoms with Gasteiger partial charge in [0.25, 0.3) is 5.44 Å². The van der Waals surface area contributed by atoms with Crippen LogP contribution in [0.1, 0.15) is 2.85 Å². The van der Waals surface area contributed by atoms with Crippen LogP contribution in [0.25, 0.3) is 0 Å². The van der Waals surface area contributed by atoms with Crippen molar-refractivity contribution in [3.63, 3.8) is 0 Å². The standard InChI is InChI=1S/C2H4O5S.2Na.2H/c3-1(4)2(5)8(6)7;;;;/h2,5H,(H,3,4)(H,6,7);;;;/q;2*+1;2*-1. The van der Waals surface area contributed by atoms with Crippen molar-refractivity contribution in [1.29, 1.82) is 0 Å². The molecule has 0 saturated heterocycles. The Morgan fingerprint density at radius 1 is 1.50 bits per heavy atom. The first-order valence-electron chi connectivity index (χ1n) is 1.56. The fraction of sp³-hybridized carbons (Fsp3) is 0.500. The molecule has 8 heteroatoms. The molecule has 0 radical (unpaired) electrons. The van der Waals surface area contributed by atoms with Crippen molar-refractivity contribution in [1.82, 2.24) is 0 Å². The molecule has 0 aliphatic heterocycles. The fourth-order valence-electron chi connectivity index (χ4n) is 0.0862. The summed E-state index contributed by atoms with van der Waals surface area (Å²) < 4.78 is 17.5. The van der Waals surface area contributed by atoms with Crippen LogP contribution in [0, 0.1) is 0 Å². The predicted molar refractivity (Wildman–Crippen MR) is 26.6 cm³/mol. The van der Waals surface area contributed by atoms with Crippen molar-refractivity contribution in [2.24, 2.45) is 0 Å². The van der Waals surface area contributed by atoms with Gasteiger partial charge in [-0.05, 0) is 0 Å². The summed E-state index contributed by atoms with van der Waals surface area (Å²) in [5.74, 6) is -1.70. The van der Waals surface area contributed by atoms with Crippen LogP contribution in [0.15, 0.2) is 0 Å². The maximum atomic E-state index is 9.62. The van der Waals surface area contributed by atoms with Crippen molar-refractivity contribution in [3.05, 3.63) is 0 Å². The smallest absolute Gasteiger partial charge is 1.00 e. The largest absolute Gasteiger partial charge is 1.00 e. The Morgan fingerprint density at radius 2 is 1.80 bits per heavy atom. The van der Waals surface area contributed by atoms with Crippen LogP contribution < -0.4 is 59.1 Å². The molecule has 0 rings (SSSR count). The van der Waals surface area contributed by atoms with Gasteiger partial charge in [-0.1, -0.05) is 0 Å². The summed E-state index contributed by atoms with van der Waals surface area (Å²) in [4.78, 5) is 9.54. The summed E-state index contributed by atoms with van der Waals surface area (Å²) in [6, 6.07) is 0. The molecular weight excluding hydrogens is 182 g/mol. The minimum atomic E-state index is -2.68. The van der Waals surface area contributed by atoms with Gasteiger partial charge in [0.2, 0.25) is 0 Å². The van der Waals surface area contributed by atoms with E-state index in [4.69, 9.17) is 14.8 Å². The zero-order valence-electron chi connectivity index (χ0n) is 7.64. The van der Waals surface area contributed by atoms with Crippen LogP contribution in [0.5, 0.6) is 0 Å². The molecular formula is C2H6Na2O5S. The van der Waals surface area contributed by atoms with Gasteiger partial charge < -0.3 is 17.6 Å². The molecule has 10 heavy (non-hydrogen) atoms. The Kier molecular flexibility index (Phi) is 15.2. The molecule has 0 bridgehead atoms. The van der Waals surface area contributed by atoms with Crippen molar-refractivity contribution >= 4 is 17.0 Å². The van der Waals surface area contributed by atoms with E-state index in [0.717, 1.165) is 0 Å². The number of carboxylic acids is 1. The van der Waals surface area contributed by atoms with E-state index in [1.54, 1.807) is 0 Å². The third-order valence-electron chi connectivity index (χ3n) is 0.402. The Bertz CT molecular complexity index is 121. The normalized spacial score (nSPS) is 13.8. The molecule has 3 N–H and O–H groups in total. The van der Waals surface area contributed by atoms with Crippen LogP contribution >= 0.6 is 0 Å². The first-order valence-corrected chi connectivity index (χ1v) is 2.73. The van der Waals surface area contributed by atoms with Gasteiger partial charge in [-0.25, -0.2) is 9.00 Å². The summed E-state index contributed by atoms with van der Waals surface area (Å²) in [6.07, 6.45) is 0. The third kappa shape index (κ3) is 7.64. The van der Waals surface area contributed by atoms with Gasteiger partial charge in [0.1, 0.15) is 0 Å². The molecule has 0 aromatic rings. The zero-order chi connectivity index (χ0) is 6.73. The van der Waals surface area contributed by atoms with E-state index in [2.05, 4.69) is 0 Å². The van der Waals surface area contributed by atoms with Gasteiger partial charge in [0.15, 0.2) is 11.1 Å². The molecule has 0 saturated carbocycles. The van der Waals surface area contributed by atoms with Crippen LogP contribution in [0.2, 0.25) is 0 Å². The van der Waals surface area contributed by atoms with Crippen LogP contribution in [0.3, 0.4) is 0 Å². The minimum Gasteiger partial charge on any atom is -1.00 e. The zero-order valence-corrected chi connectivity index (χ0v) is 10.5. The Balaban J connectivity index is -0.0000000408. The second kappa shape index (κ2) is 8.63. The monoisotopic (exact) mass is 188 g/mol. The molecule has 0 aliphatic carbocycles. The van der Waals surface area contributed by atoms with E-state index >= 15 is 0 Å². The topological polar surface area (TPSA) is 94.8 Å². The van der Waals surface area contributed by atoms with Crippen molar-refractivity contribution < 1.29 is 85.7 Å². The molecule has 2 atom stereocenters. The predicted octanol–water partition coefficient (Wildman–Crippen LogP) is -7.16. The van der Waals surface area contributed by atoms with Gasteiger partial charge in [0.05, 0.1) is 0 Å². The molecule has 2 unspecified atom stereocenters. The second-order valence-corrected chi connectivity index (χ2v) is 1.97. The van der Waals surface area contributed by atoms with E-state index in [-0.39, 0.29) is 62.0 Å². The van der Waals surface area contributed by atoms with E-state index in [1.165, 1.54) is 0 Å². The van der Waals surface area contributed by atoms with Crippen LogP contribution in [0.4, 0.5) is 0 Å². The summed E-state index contributed by atoms with van der Waals surface area (Å²) in [7, 11) is 0. The van der Waals surface area contributed by atoms with E-state index in [9.17, 15) is 9.00 Å². The van der Waals surface area contributed by atoms with Crippen LogP contribution in [-0.2, 0) is 15.9 Å². The number of carbonyl (C=O) groups is 1. The van der Waals surface area contributed by atoms with E-state index in [0.29, 0.717) is 0 Å². The second-order valence-electron chi connectivity index (χ2n) is 0.967. The van der Waals surface area contributed by atoms with Crippen LogP contribution in [-0.4, -0.2) is 30.4 Å². The van der Waals surface area contributed by atoms with Gasteiger partial charge in [-0.15, -0.1) is 0 Å². The molecule has 0 spiro atoms. The fourth-order valence-corrected chi connectivity index (χ4v) is 0.259. The van der Waals surface area contributed by atoms with Gasteiger partial charge in [-0.3, -0.25) is 0 Å². The first kappa shape index (κ1) is 17.6. The molecule has 0 aromatic heterocycles. The van der Waals surface area contributed by atoms with Gasteiger partial charge in [0, 0.05) is 0 Å². The van der Waals surface area contributed by atoms with Gasteiger partial charge in [-0.2, -0.15) is 0 Å². The molecule has 0 amide bonds. The summed E-state index contributed by atoms with van der Waals surface area (Å²) >= 11 is -2.68. The SMILES string of the molecule is O=C(O)C(O)S(=O)O.[H-].[H-].[Na+].[Na+].